The molecule has 100 valence electrons. The van der Waals surface area contributed by atoms with E-state index in [1.165, 1.54) is 0 Å². The van der Waals surface area contributed by atoms with Gasteiger partial charge in [0.05, 0.1) is 18.3 Å². The van der Waals surface area contributed by atoms with Crippen molar-refractivity contribution in [2.24, 2.45) is 11.7 Å². The second-order valence-electron chi connectivity index (χ2n) is 4.43. The van der Waals surface area contributed by atoms with Crippen LogP contribution in [0.4, 0.5) is 5.82 Å². The number of aromatic nitrogens is 1. The SMILES string of the molecule is CCOCC(Nc1cccc(C(N)=S)n1)C(C)C. The molecule has 0 aliphatic heterocycles. The smallest absolute Gasteiger partial charge is 0.127 e. The molecule has 1 heterocycles. The molecule has 0 aliphatic carbocycles. The van der Waals surface area contributed by atoms with Crippen LogP contribution in [0, 0.1) is 5.92 Å². The van der Waals surface area contributed by atoms with Crippen molar-refractivity contribution < 1.29 is 4.74 Å². The predicted octanol–water partition coefficient (Wildman–Crippen LogP) is 2.19. The van der Waals surface area contributed by atoms with E-state index in [1.54, 1.807) is 6.07 Å². The average Bonchev–Trinajstić information content (AvgIpc) is 2.34. The molecule has 4 nitrogen and oxygen atoms in total. The lowest BCUT2D eigenvalue weighted by atomic mass is 10.1. The largest absolute Gasteiger partial charge is 0.388 e. The van der Waals surface area contributed by atoms with E-state index in [0.29, 0.717) is 29.8 Å². The van der Waals surface area contributed by atoms with E-state index >= 15 is 0 Å². The van der Waals surface area contributed by atoms with Crippen LogP contribution in [0.25, 0.3) is 0 Å². The Bertz CT molecular complexity index is 396. The fraction of sp³-hybridized carbons (Fsp3) is 0.538. The molecule has 1 aromatic heterocycles. The van der Waals surface area contributed by atoms with Crippen molar-refractivity contribution in [3.05, 3.63) is 23.9 Å². The Morgan fingerprint density at radius 1 is 1.50 bits per heavy atom. The number of pyridine rings is 1. The second kappa shape index (κ2) is 7.28. The van der Waals surface area contributed by atoms with Crippen molar-refractivity contribution >= 4 is 23.0 Å². The fourth-order valence-corrected chi connectivity index (χ4v) is 1.60. The Morgan fingerprint density at radius 2 is 2.22 bits per heavy atom. The Morgan fingerprint density at radius 3 is 2.78 bits per heavy atom. The molecular formula is C13H21N3OS. The van der Waals surface area contributed by atoms with E-state index in [-0.39, 0.29) is 6.04 Å². The normalized spacial score (nSPS) is 12.4. The molecule has 5 heteroatoms. The highest BCUT2D eigenvalue weighted by atomic mass is 32.1. The molecule has 0 bridgehead atoms. The van der Waals surface area contributed by atoms with E-state index in [4.69, 9.17) is 22.7 Å². The van der Waals surface area contributed by atoms with Crippen molar-refractivity contribution in [2.45, 2.75) is 26.8 Å². The second-order valence-corrected chi connectivity index (χ2v) is 4.87. The van der Waals surface area contributed by atoms with Gasteiger partial charge < -0.3 is 15.8 Å². The monoisotopic (exact) mass is 267 g/mol. The first-order valence-corrected chi connectivity index (χ1v) is 6.56. The van der Waals surface area contributed by atoms with Crippen LogP contribution in [0.15, 0.2) is 18.2 Å². The van der Waals surface area contributed by atoms with Gasteiger partial charge >= 0.3 is 0 Å². The number of hydrogen-bond acceptors (Lipinski definition) is 4. The van der Waals surface area contributed by atoms with E-state index in [1.807, 2.05) is 19.1 Å². The van der Waals surface area contributed by atoms with Gasteiger partial charge in [-0.15, -0.1) is 0 Å². The van der Waals surface area contributed by atoms with Crippen molar-refractivity contribution in [1.29, 1.82) is 0 Å². The third-order valence-electron chi connectivity index (χ3n) is 2.64. The molecule has 18 heavy (non-hydrogen) atoms. The zero-order valence-corrected chi connectivity index (χ0v) is 12.0. The molecule has 1 rings (SSSR count). The van der Waals surface area contributed by atoms with Crippen LogP contribution >= 0.6 is 12.2 Å². The molecular weight excluding hydrogens is 246 g/mol. The molecule has 0 saturated heterocycles. The molecule has 3 N–H and O–H groups in total. The summed E-state index contributed by atoms with van der Waals surface area (Å²) in [7, 11) is 0. The highest BCUT2D eigenvalue weighted by Gasteiger charge is 2.14. The van der Waals surface area contributed by atoms with Crippen LogP contribution in [0.3, 0.4) is 0 Å². The number of nitrogens with zero attached hydrogens (tertiary/aromatic N) is 1. The standard InChI is InChI=1S/C13H21N3OS/c1-4-17-8-11(9(2)3)16-12-7-5-6-10(15-12)13(14)18/h5-7,9,11H,4,8H2,1-3H3,(H2,14,18)(H,15,16). The molecule has 0 aliphatic rings. The van der Waals surface area contributed by atoms with Gasteiger partial charge in [0.2, 0.25) is 0 Å². The number of nitrogens with one attached hydrogen (secondary N) is 1. The van der Waals surface area contributed by atoms with Crippen LogP contribution in [0.2, 0.25) is 0 Å². The topological polar surface area (TPSA) is 60.2 Å². The summed E-state index contributed by atoms with van der Waals surface area (Å²) in [6, 6.07) is 5.82. The van der Waals surface area contributed by atoms with Gasteiger partial charge in [-0.3, -0.25) is 0 Å². The summed E-state index contributed by atoms with van der Waals surface area (Å²) in [4.78, 5) is 4.68. The van der Waals surface area contributed by atoms with E-state index in [9.17, 15) is 0 Å². The minimum Gasteiger partial charge on any atom is -0.388 e. The summed E-state index contributed by atoms with van der Waals surface area (Å²) < 4.78 is 5.47. The molecule has 1 aromatic rings. The Labute approximate surface area is 114 Å². The van der Waals surface area contributed by atoms with E-state index in [2.05, 4.69) is 24.1 Å². The molecule has 0 fully saturated rings. The number of ether oxygens (including phenoxy) is 1. The van der Waals surface area contributed by atoms with Crippen molar-refractivity contribution in [3.63, 3.8) is 0 Å². The Hall–Kier alpha value is -1.20. The van der Waals surface area contributed by atoms with Gasteiger partial charge in [0.1, 0.15) is 10.8 Å². The summed E-state index contributed by atoms with van der Waals surface area (Å²) in [5, 5.41) is 3.36. The van der Waals surface area contributed by atoms with Gasteiger partial charge in [0.25, 0.3) is 0 Å². The lowest BCUT2D eigenvalue weighted by Gasteiger charge is -2.22. The van der Waals surface area contributed by atoms with Crippen LogP contribution in [0.5, 0.6) is 0 Å². The zero-order valence-electron chi connectivity index (χ0n) is 11.1. The zero-order chi connectivity index (χ0) is 13.5. The van der Waals surface area contributed by atoms with Gasteiger partial charge in [0, 0.05) is 6.61 Å². The first-order chi connectivity index (χ1) is 8.54. The van der Waals surface area contributed by atoms with Crippen molar-refractivity contribution in [2.75, 3.05) is 18.5 Å². The molecule has 0 saturated carbocycles. The van der Waals surface area contributed by atoms with Gasteiger partial charge in [-0.25, -0.2) is 4.98 Å². The highest BCUT2D eigenvalue weighted by Crippen LogP contribution is 2.11. The number of thiocarbonyl (C=S) groups is 1. The molecule has 0 amide bonds. The number of rotatable bonds is 7. The molecule has 0 spiro atoms. The van der Waals surface area contributed by atoms with Crippen molar-refractivity contribution in [3.8, 4) is 0 Å². The quantitative estimate of drug-likeness (QED) is 0.742. The highest BCUT2D eigenvalue weighted by molar-refractivity contribution is 7.80. The predicted molar refractivity (Wildman–Crippen MR) is 78.9 cm³/mol. The Kier molecular flexibility index (Phi) is 6.01. The Balaban J connectivity index is 2.73. The minimum atomic E-state index is 0.221. The molecule has 0 radical (unpaired) electrons. The van der Waals surface area contributed by atoms with E-state index < -0.39 is 0 Å². The van der Waals surface area contributed by atoms with Crippen LogP contribution < -0.4 is 11.1 Å². The summed E-state index contributed by atoms with van der Waals surface area (Å²) in [5.74, 6) is 1.23. The minimum absolute atomic E-state index is 0.221. The van der Waals surface area contributed by atoms with Crippen LogP contribution in [0.1, 0.15) is 26.5 Å². The fourth-order valence-electron chi connectivity index (χ4n) is 1.49. The third kappa shape index (κ3) is 4.58. The first-order valence-electron chi connectivity index (χ1n) is 6.15. The van der Waals surface area contributed by atoms with Crippen LogP contribution in [-0.2, 0) is 4.74 Å². The first kappa shape index (κ1) is 14.9. The van der Waals surface area contributed by atoms with Gasteiger partial charge in [-0.05, 0) is 25.0 Å². The number of nitrogens with two attached hydrogens (primary N) is 1. The maximum atomic E-state index is 5.57. The summed E-state index contributed by atoms with van der Waals surface area (Å²) in [6.07, 6.45) is 0. The van der Waals surface area contributed by atoms with Crippen molar-refractivity contribution in [1.82, 2.24) is 4.98 Å². The summed E-state index contributed by atoms with van der Waals surface area (Å²) in [5.41, 5.74) is 6.20. The molecule has 0 aromatic carbocycles. The number of hydrogen-bond donors (Lipinski definition) is 2. The maximum Gasteiger partial charge on any atom is 0.127 e. The van der Waals surface area contributed by atoms with Gasteiger partial charge in [-0.1, -0.05) is 32.1 Å². The van der Waals surface area contributed by atoms with Gasteiger partial charge in [-0.2, -0.15) is 0 Å². The number of anilines is 1. The maximum absolute atomic E-state index is 5.57. The summed E-state index contributed by atoms with van der Waals surface area (Å²) >= 11 is 4.92. The molecule has 1 unspecified atom stereocenters. The van der Waals surface area contributed by atoms with Gasteiger partial charge in [0.15, 0.2) is 0 Å². The lowest BCUT2D eigenvalue weighted by Crippen LogP contribution is -2.31. The van der Waals surface area contributed by atoms with E-state index in [0.717, 1.165) is 5.82 Å². The van der Waals surface area contributed by atoms with Crippen LogP contribution in [-0.4, -0.2) is 29.2 Å². The lowest BCUT2D eigenvalue weighted by molar-refractivity contribution is 0.126. The molecule has 1 atom stereocenters. The average molecular weight is 267 g/mol. The third-order valence-corrected chi connectivity index (χ3v) is 2.85. The summed E-state index contributed by atoms with van der Waals surface area (Å²) in [6.45, 7) is 7.66.